The van der Waals surface area contributed by atoms with Crippen molar-refractivity contribution in [3.63, 3.8) is 0 Å². The molecule has 7 nitrogen and oxygen atoms in total. The molecule has 0 aliphatic heterocycles. The highest BCUT2D eigenvalue weighted by Crippen LogP contribution is 2.27. The van der Waals surface area contributed by atoms with Gasteiger partial charge in [-0.25, -0.2) is 19.6 Å². The fraction of sp³-hybridized carbons (Fsp3) is 0.200. The molecule has 1 N–H and O–H groups in total. The van der Waals surface area contributed by atoms with Crippen LogP contribution in [0.2, 0.25) is 0 Å². The largest absolute Gasteiger partial charge is 0.364 e. The van der Waals surface area contributed by atoms with Gasteiger partial charge < -0.3 is 9.72 Å². The highest BCUT2D eigenvalue weighted by molar-refractivity contribution is 9.10. The molecule has 0 aliphatic carbocycles. The number of anilines is 1. The zero-order valence-corrected chi connectivity index (χ0v) is 14.2. The third-order valence-electron chi connectivity index (χ3n) is 3.76. The monoisotopic (exact) mass is 371 g/mol. The van der Waals surface area contributed by atoms with Crippen LogP contribution in [0.15, 0.2) is 35.3 Å². The number of aryl methyl sites for hydroxylation is 2. The molecule has 0 bridgehead atoms. The van der Waals surface area contributed by atoms with E-state index in [2.05, 4.69) is 58.7 Å². The standard InChI is InChI=1S/C15H14BrN7/c1-9-4-3-5-11-20-10(7-23(9)11)6-17-14-12-13(16)21-22(2)15(12)19-8-18-14/h3-5,7-8H,6H2,1-2H3,(H,17,18,19). The van der Waals surface area contributed by atoms with Crippen molar-refractivity contribution in [3.8, 4) is 0 Å². The van der Waals surface area contributed by atoms with Gasteiger partial charge in [0.1, 0.15) is 22.4 Å². The average Bonchev–Trinajstić information content (AvgIpc) is 3.08. The van der Waals surface area contributed by atoms with Gasteiger partial charge in [-0.15, -0.1) is 0 Å². The zero-order chi connectivity index (χ0) is 16.0. The maximum Gasteiger partial charge on any atom is 0.164 e. The van der Waals surface area contributed by atoms with Gasteiger partial charge in [-0.3, -0.25) is 0 Å². The Balaban J connectivity index is 1.67. The van der Waals surface area contributed by atoms with Crippen LogP contribution < -0.4 is 5.32 Å². The Morgan fingerprint density at radius 1 is 1.26 bits per heavy atom. The number of fused-ring (bicyclic) bond motifs is 2. The first-order chi connectivity index (χ1) is 11.1. The van der Waals surface area contributed by atoms with E-state index in [1.54, 1.807) is 4.68 Å². The Morgan fingerprint density at radius 2 is 2.13 bits per heavy atom. The molecule has 23 heavy (non-hydrogen) atoms. The van der Waals surface area contributed by atoms with E-state index in [4.69, 9.17) is 0 Å². The Bertz CT molecular complexity index is 1020. The third-order valence-corrected chi connectivity index (χ3v) is 4.32. The summed E-state index contributed by atoms with van der Waals surface area (Å²) in [5.74, 6) is 0.740. The van der Waals surface area contributed by atoms with Gasteiger partial charge in [0.15, 0.2) is 5.65 Å². The molecular weight excluding hydrogens is 358 g/mol. The number of imidazole rings is 1. The third kappa shape index (κ3) is 2.35. The molecule has 116 valence electrons. The molecule has 0 aliphatic rings. The maximum absolute atomic E-state index is 4.62. The Morgan fingerprint density at radius 3 is 2.96 bits per heavy atom. The zero-order valence-electron chi connectivity index (χ0n) is 12.7. The smallest absolute Gasteiger partial charge is 0.164 e. The van der Waals surface area contributed by atoms with Crippen molar-refractivity contribution >= 4 is 38.4 Å². The molecular formula is C15H14BrN7. The van der Waals surface area contributed by atoms with E-state index in [1.165, 1.54) is 6.33 Å². The molecule has 0 saturated heterocycles. The summed E-state index contributed by atoms with van der Waals surface area (Å²) < 4.78 is 4.52. The van der Waals surface area contributed by atoms with Crippen molar-refractivity contribution < 1.29 is 0 Å². The minimum atomic E-state index is 0.578. The van der Waals surface area contributed by atoms with Crippen LogP contribution in [0.4, 0.5) is 5.82 Å². The average molecular weight is 372 g/mol. The second-order valence-electron chi connectivity index (χ2n) is 5.32. The molecule has 8 heteroatoms. The van der Waals surface area contributed by atoms with Gasteiger partial charge in [0.05, 0.1) is 17.6 Å². The quantitative estimate of drug-likeness (QED) is 0.599. The normalized spacial score (nSPS) is 11.4. The Hall–Kier alpha value is -2.48. The summed E-state index contributed by atoms with van der Waals surface area (Å²) in [6.07, 6.45) is 3.57. The summed E-state index contributed by atoms with van der Waals surface area (Å²) >= 11 is 3.46. The van der Waals surface area contributed by atoms with Crippen LogP contribution in [0, 0.1) is 6.92 Å². The van der Waals surface area contributed by atoms with E-state index < -0.39 is 0 Å². The lowest BCUT2D eigenvalue weighted by Gasteiger charge is -2.04. The molecule has 0 amide bonds. The van der Waals surface area contributed by atoms with Crippen LogP contribution in [0.25, 0.3) is 16.7 Å². The van der Waals surface area contributed by atoms with E-state index in [0.29, 0.717) is 6.54 Å². The molecule has 0 saturated carbocycles. The number of rotatable bonds is 3. The number of nitrogens with zero attached hydrogens (tertiary/aromatic N) is 6. The van der Waals surface area contributed by atoms with E-state index in [-0.39, 0.29) is 0 Å². The van der Waals surface area contributed by atoms with Crippen LogP contribution in [-0.2, 0) is 13.6 Å². The van der Waals surface area contributed by atoms with Crippen LogP contribution in [0.3, 0.4) is 0 Å². The minimum Gasteiger partial charge on any atom is -0.364 e. The number of hydrogen-bond donors (Lipinski definition) is 1. The van der Waals surface area contributed by atoms with Gasteiger partial charge >= 0.3 is 0 Å². The van der Waals surface area contributed by atoms with E-state index in [1.807, 2.05) is 25.4 Å². The first kappa shape index (κ1) is 14.1. The molecule has 0 radical (unpaired) electrons. The minimum absolute atomic E-state index is 0.578. The Kier molecular flexibility index (Phi) is 3.26. The van der Waals surface area contributed by atoms with Gasteiger partial charge in [-0.1, -0.05) is 6.07 Å². The number of hydrogen-bond acceptors (Lipinski definition) is 5. The highest BCUT2D eigenvalue weighted by atomic mass is 79.9. The molecule has 4 aromatic heterocycles. The Labute approximate surface area is 140 Å². The lowest BCUT2D eigenvalue weighted by atomic mass is 10.3. The van der Waals surface area contributed by atoms with Crippen LogP contribution in [0.5, 0.6) is 0 Å². The summed E-state index contributed by atoms with van der Waals surface area (Å²) in [4.78, 5) is 13.2. The van der Waals surface area contributed by atoms with Crippen molar-refractivity contribution in [3.05, 3.63) is 46.7 Å². The fourth-order valence-electron chi connectivity index (χ4n) is 2.63. The summed E-state index contributed by atoms with van der Waals surface area (Å²) in [6, 6.07) is 6.07. The van der Waals surface area contributed by atoms with Crippen molar-refractivity contribution in [2.45, 2.75) is 13.5 Å². The maximum atomic E-state index is 4.62. The highest BCUT2D eigenvalue weighted by Gasteiger charge is 2.13. The molecule has 0 aromatic carbocycles. The van der Waals surface area contributed by atoms with Gasteiger partial charge in [-0.2, -0.15) is 5.10 Å². The van der Waals surface area contributed by atoms with Gasteiger partial charge in [-0.05, 0) is 35.0 Å². The first-order valence-corrected chi connectivity index (χ1v) is 7.93. The lowest BCUT2D eigenvalue weighted by molar-refractivity contribution is 0.777. The van der Waals surface area contributed by atoms with E-state index in [9.17, 15) is 0 Å². The molecule has 4 rings (SSSR count). The number of aromatic nitrogens is 6. The van der Waals surface area contributed by atoms with E-state index >= 15 is 0 Å². The van der Waals surface area contributed by atoms with Crippen LogP contribution in [0.1, 0.15) is 11.4 Å². The summed E-state index contributed by atoms with van der Waals surface area (Å²) in [7, 11) is 1.86. The van der Waals surface area contributed by atoms with Crippen LogP contribution >= 0.6 is 15.9 Å². The van der Waals surface area contributed by atoms with Gasteiger partial charge in [0.2, 0.25) is 0 Å². The second kappa shape index (κ2) is 5.31. The van der Waals surface area contributed by atoms with Gasteiger partial charge in [0.25, 0.3) is 0 Å². The fourth-order valence-corrected chi connectivity index (χ4v) is 3.24. The topological polar surface area (TPSA) is 72.9 Å². The first-order valence-electron chi connectivity index (χ1n) is 7.14. The molecule has 0 fully saturated rings. The molecule has 0 unspecified atom stereocenters. The molecule has 0 spiro atoms. The van der Waals surface area contributed by atoms with Crippen molar-refractivity contribution in [2.24, 2.45) is 7.05 Å². The SMILES string of the molecule is Cc1cccc2nc(CNc3ncnc4c3c(Br)nn4C)cn12. The van der Waals surface area contributed by atoms with Crippen molar-refractivity contribution in [1.29, 1.82) is 0 Å². The summed E-state index contributed by atoms with van der Waals surface area (Å²) in [5, 5.41) is 8.52. The number of nitrogens with one attached hydrogen (secondary N) is 1. The predicted octanol–water partition coefficient (Wildman–Crippen LogP) is 2.69. The van der Waals surface area contributed by atoms with Gasteiger partial charge in [0, 0.05) is 18.9 Å². The summed E-state index contributed by atoms with van der Waals surface area (Å²) in [6.45, 7) is 2.64. The molecule has 0 atom stereocenters. The van der Waals surface area contributed by atoms with Crippen molar-refractivity contribution in [1.82, 2.24) is 29.1 Å². The van der Waals surface area contributed by atoms with E-state index in [0.717, 1.165) is 38.5 Å². The number of pyridine rings is 1. The van der Waals surface area contributed by atoms with Crippen LogP contribution in [-0.4, -0.2) is 29.1 Å². The second-order valence-corrected chi connectivity index (χ2v) is 6.07. The molecule has 4 heterocycles. The number of halogens is 1. The predicted molar refractivity (Wildman–Crippen MR) is 91.3 cm³/mol. The van der Waals surface area contributed by atoms with Crippen molar-refractivity contribution in [2.75, 3.05) is 5.32 Å². The lowest BCUT2D eigenvalue weighted by Crippen LogP contribution is -2.03. The molecule has 4 aromatic rings. The summed E-state index contributed by atoms with van der Waals surface area (Å²) in [5.41, 5.74) is 3.82.